The first kappa shape index (κ1) is 15.8. The molecule has 0 bridgehead atoms. The number of piperazine rings is 1. The zero-order valence-electron chi connectivity index (χ0n) is 10.8. The monoisotopic (exact) mass is 380 g/mol. The molecule has 0 unspecified atom stereocenters. The van der Waals surface area contributed by atoms with E-state index >= 15 is 0 Å². The minimum Gasteiger partial charge on any atom is -0.336 e. The van der Waals surface area contributed by atoms with Gasteiger partial charge in [-0.1, -0.05) is 17.7 Å². The molecule has 1 fully saturated rings. The van der Waals surface area contributed by atoms with Crippen LogP contribution in [0.25, 0.3) is 0 Å². The van der Waals surface area contributed by atoms with Crippen LogP contribution in [0.5, 0.6) is 0 Å². The lowest BCUT2D eigenvalue weighted by Gasteiger charge is -2.33. The third-order valence-corrected chi connectivity index (χ3v) is 5.78. The molecule has 20 heavy (non-hydrogen) atoms. The van der Waals surface area contributed by atoms with Crippen molar-refractivity contribution in [2.75, 3.05) is 32.4 Å². The predicted octanol–water partition coefficient (Wildman–Crippen LogP) is 1.82. The van der Waals surface area contributed by atoms with Gasteiger partial charge in [0.15, 0.2) is 0 Å². The van der Waals surface area contributed by atoms with Crippen LogP contribution < -0.4 is 0 Å². The first-order chi connectivity index (χ1) is 9.30. The number of sulfonamides is 1. The number of amides is 1. The normalized spacial score (nSPS) is 17.2. The van der Waals surface area contributed by atoms with Crippen molar-refractivity contribution in [3.63, 3.8) is 0 Å². The van der Waals surface area contributed by atoms with Crippen molar-refractivity contribution in [1.29, 1.82) is 0 Å². The lowest BCUT2D eigenvalue weighted by atomic mass is 10.2. The zero-order chi connectivity index (χ0) is 14.9. The first-order valence-electron chi connectivity index (χ1n) is 5.99. The number of hydrogen-bond acceptors (Lipinski definition) is 3. The number of carbonyl (C=O) groups excluding carboxylic acids is 1. The van der Waals surface area contributed by atoms with Gasteiger partial charge >= 0.3 is 0 Å². The number of rotatable bonds is 2. The number of hydrogen-bond donors (Lipinski definition) is 0. The summed E-state index contributed by atoms with van der Waals surface area (Å²) in [5, 5.41) is 0.378. The minimum absolute atomic E-state index is 0.176. The van der Waals surface area contributed by atoms with Crippen molar-refractivity contribution < 1.29 is 13.2 Å². The molecule has 1 aliphatic rings. The van der Waals surface area contributed by atoms with E-state index in [9.17, 15) is 13.2 Å². The van der Waals surface area contributed by atoms with Crippen molar-refractivity contribution in [3.8, 4) is 0 Å². The van der Waals surface area contributed by atoms with E-state index in [2.05, 4.69) is 15.9 Å². The molecule has 0 N–H and O–H groups in total. The average Bonchev–Trinajstić information content (AvgIpc) is 2.40. The van der Waals surface area contributed by atoms with E-state index in [1.54, 1.807) is 23.1 Å². The second-order valence-corrected chi connectivity index (χ2v) is 7.77. The van der Waals surface area contributed by atoms with Crippen LogP contribution in [0.15, 0.2) is 22.7 Å². The van der Waals surface area contributed by atoms with Gasteiger partial charge in [-0.05, 0) is 28.1 Å². The molecule has 1 amide bonds. The fourth-order valence-electron chi connectivity index (χ4n) is 2.06. The van der Waals surface area contributed by atoms with Gasteiger partial charge in [-0.2, -0.15) is 4.31 Å². The van der Waals surface area contributed by atoms with E-state index in [1.807, 2.05) is 0 Å². The summed E-state index contributed by atoms with van der Waals surface area (Å²) in [5.74, 6) is -0.176. The second kappa shape index (κ2) is 6.01. The van der Waals surface area contributed by atoms with Gasteiger partial charge in [-0.25, -0.2) is 8.42 Å². The molecule has 0 aromatic heterocycles. The summed E-state index contributed by atoms with van der Waals surface area (Å²) in [6.45, 7) is 1.37. The lowest BCUT2D eigenvalue weighted by Crippen LogP contribution is -2.50. The molecule has 5 nitrogen and oxygen atoms in total. The highest BCUT2D eigenvalue weighted by Crippen LogP contribution is 2.27. The van der Waals surface area contributed by atoms with Crippen molar-refractivity contribution in [2.45, 2.75) is 0 Å². The van der Waals surface area contributed by atoms with Crippen LogP contribution in [0.3, 0.4) is 0 Å². The summed E-state index contributed by atoms with van der Waals surface area (Å²) >= 11 is 9.39. The van der Waals surface area contributed by atoms with E-state index < -0.39 is 10.0 Å². The van der Waals surface area contributed by atoms with Crippen molar-refractivity contribution in [1.82, 2.24) is 9.21 Å². The number of benzene rings is 1. The lowest BCUT2D eigenvalue weighted by molar-refractivity contribution is 0.0698. The summed E-state index contributed by atoms with van der Waals surface area (Å²) in [7, 11) is -3.19. The van der Waals surface area contributed by atoms with Gasteiger partial charge in [-0.15, -0.1) is 0 Å². The first-order valence-corrected chi connectivity index (χ1v) is 9.01. The van der Waals surface area contributed by atoms with Gasteiger partial charge in [0, 0.05) is 30.7 Å². The molecule has 0 atom stereocenters. The summed E-state index contributed by atoms with van der Waals surface area (Å²) in [6.07, 6.45) is 1.18. The Morgan fingerprint density at radius 3 is 2.40 bits per heavy atom. The Hall–Kier alpha value is -0.630. The van der Waals surface area contributed by atoms with E-state index in [0.717, 1.165) is 0 Å². The van der Waals surface area contributed by atoms with Crippen LogP contribution in [0.2, 0.25) is 5.02 Å². The van der Waals surface area contributed by atoms with E-state index in [0.29, 0.717) is 41.2 Å². The molecule has 1 aromatic carbocycles. The zero-order valence-corrected chi connectivity index (χ0v) is 14.0. The molecular weight excluding hydrogens is 368 g/mol. The number of halogens is 2. The molecule has 110 valence electrons. The molecule has 8 heteroatoms. The van der Waals surface area contributed by atoms with E-state index in [4.69, 9.17) is 11.6 Å². The standard InChI is InChI=1S/C12H14BrClN2O3S/c1-20(18,19)16-7-5-15(6-8-16)12(17)9-3-2-4-10(13)11(9)14/h2-4H,5-8H2,1H3. The van der Waals surface area contributed by atoms with Gasteiger partial charge in [0.1, 0.15) is 0 Å². The number of carbonyl (C=O) groups is 1. The van der Waals surface area contributed by atoms with Crippen LogP contribution in [0, 0.1) is 0 Å². The Kier molecular flexibility index (Phi) is 4.73. The Labute approximate surface area is 131 Å². The van der Waals surface area contributed by atoms with Crippen LogP contribution in [0.4, 0.5) is 0 Å². The third kappa shape index (κ3) is 3.33. The van der Waals surface area contributed by atoms with Crippen LogP contribution in [0.1, 0.15) is 10.4 Å². The maximum atomic E-state index is 12.4. The molecule has 1 heterocycles. The highest BCUT2D eigenvalue weighted by Gasteiger charge is 2.27. The molecule has 0 saturated carbocycles. The SMILES string of the molecule is CS(=O)(=O)N1CCN(C(=O)c2cccc(Br)c2Cl)CC1. The molecule has 0 spiro atoms. The smallest absolute Gasteiger partial charge is 0.255 e. The minimum atomic E-state index is -3.19. The summed E-state index contributed by atoms with van der Waals surface area (Å²) in [6, 6.07) is 5.18. The molecule has 1 aromatic rings. The van der Waals surface area contributed by atoms with Gasteiger partial charge in [0.05, 0.1) is 16.8 Å². The fourth-order valence-corrected chi connectivity index (χ4v) is 3.46. The number of nitrogens with zero attached hydrogens (tertiary/aromatic N) is 2. The average molecular weight is 382 g/mol. The Bertz CT molecular complexity index is 628. The highest BCUT2D eigenvalue weighted by molar-refractivity contribution is 9.10. The Morgan fingerprint density at radius 2 is 1.85 bits per heavy atom. The molecule has 1 aliphatic heterocycles. The second-order valence-electron chi connectivity index (χ2n) is 4.56. The largest absolute Gasteiger partial charge is 0.336 e. The van der Waals surface area contributed by atoms with Gasteiger partial charge in [0.2, 0.25) is 10.0 Å². The highest BCUT2D eigenvalue weighted by atomic mass is 79.9. The molecule has 0 aliphatic carbocycles. The summed E-state index contributed by atoms with van der Waals surface area (Å²) < 4.78 is 24.9. The third-order valence-electron chi connectivity index (χ3n) is 3.18. The summed E-state index contributed by atoms with van der Waals surface area (Å²) in [4.78, 5) is 14.0. The maximum Gasteiger partial charge on any atom is 0.255 e. The van der Waals surface area contributed by atoms with Gasteiger partial charge in [-0.3, -0.25) is 4.79 Å². The molecule has 0 radical (unpaired) electrons. The fraction of sp³-hybridized carbons (Fsp3) is 0.417. The molecule has 1 saturated heterocycles. The quantitative estimate of drug-likeness (QED) is 0.785. The van der Waals surface area contributed by atoms with Crippen LogP contribution in [-0.4, -0.2) is 56.0 Å². The van der Waals surface area contributed by atoms with E-state index in [1.165, 1.54) is 10.6 Å². The van der Waals surface area contributed by atoms with Crippen molar-refractivity contribution >= 4 is 43.5 Å². The molecule has 2 rings (SSSR count). The Morgan fingerprint density at radius 1 is 1.25 bits per heavy atom. The van der Waals surface area contributed by atoms with Gasteiger partial charge in [0.25, 0.3) is 5.91 Å². The Balaban J connectivity index is 2.11. The molecular formula is C12H14BrClN2O3S. The predicted molar refractivity (Wildman–Crippen MR) is 81.5 cm³/mol. The van der Waals surface area contributed by atoms with Crippen molar-refractivity contribution in [3.05, 3.63) is 33.3 Å². The topological polar surface area (TPSA) is 57.7 Å². The van der Waals surface area contributed by atoms with E-state index in [-0.39, 0.29) is 5.91 Å². The summed E-state index contributed by atoms with van der Waals surface area (Å²) in [5.41, 5.74) is 0.425. The van der Waals surface area contributed by atoms with Crippen LogP contribution in [-0.2, 0) is 10.0 Å². The maximum absolute atomic E-state index is 12.4. The van der Waals surface area contributed by atoms with Gasteiger partial charge < -0.3 is 4.90 Å². The van der Waals surface area contributed by atoms with Crippen molar-refractivity contribution in [2.24, 2.45) is 0 Å². The van der Waals surface area contributed by atoms with Crippen LogP contribution >= 0.6 is 27.5 Å².